The van der Waals surface area contributed by atoms with Gasteiger partial charge in [0.25, 0.3) is 0 Å². The van der Waals surface area contributed by atoms with Gasteiger partial charge in [-0.25, -0.2) is 8.42 Å². The lowest BCUT2D eigenvalue weighted by atomic mass is 9.98. The van der Waals surface area contributed by atoms with Gasteiger partial charge in [-0.1, -0.05) is 72.8 Å². The van der Waals surface area contributed by atoms with Crippen molar-refractivity contribution in [1.29, 1.82) is 0 Å². The quantitative estimate of drug-likeness (QED) is 0.622. The predicted molar refractivity (Wildman–Crippen MR) is 107 cm³/mol. The van der Waals surface area contributed by atoms with E-state index in [1.807, 2.05) is 42.5 Å². The van der Waals surface area contributed by atoms with Gasteiger partial charge >= 0.3 is 5.97 Å². The summed E-state index contributed by atoms with van der Waals surface area (Å²) in [6, 6.07) is 24.3. The van der Waals surface area contributed by atoms with Crippen LogP contribution >= 0.6 is 0 Å². The fourth-order valence-corrected chi connectivity index (χ4v) is 4.10. The summed E-state index contributed by atoms with van der Waals surface area (Å²) in [5.74, 6) is -0.322. The van der Waals surface area contributed by atoms with Gasteiger partial charge in [0.15, 0.2) is 0 Å². The summed E-state index contributed by atoms with van der Waals surface area (Å²) in [5.41, 5.74) is 2.40. The standard InChI is InChI=1S/C22H21NO4S/c1-27-21(24)16-17-12-14-19(15-13-17)22(18-8-4-2-5-9-18)23-28(25,26)20-10-6-3-7-11-20/h2-15,22-23H,16H2,1H3. The topological polar surface area (TPSA) is 72.5 Å². The lowest BCUT2D eigenvalue weighted by Gasteiger charge is -2.20. The highest BCUT2D eigenvalue weighted by Gasteiger charge is 2.22. The van der Waals surface area contributed by atoms with Crippen molar-refractivity contribution in [3.63, 3.8) is 0 Å². The van der Waals surface area contributed by atoms with Crippen LogP contribution in [0.15, 0.2) is 89.8 Å². The minimum Gasteiger partial charge on any atom is -0.469 e. The Balaban J connectivity index is 1.93. The number of methoxy groups -OCH3 is 1. The van der Waals surface area contributed by atoms with Crippen molar-refractivity contribution in [3.05, 3.63) is 102 Å². The molecule has 0 aliphatic carbocycles. The highest BCUT2D eigenvalue weighted by Crippen LogP contribution is 2.25. The maximum atomic E-state index is 12.9. The fraction of sp³-hybridized carbons (Fsp3) is 0.136. The average Bonchev–Trinajstić information content (AvgIpc) is 2.74. The van der Waals surface area contributed by atoms with Gasteiger partial charge in [-0.2, -0.15) is 4.72 Å². The number of benzene rings is 3. The Hall–Kier alpha value is -2.96. The van der Waals surface area contributed by atoms with Crippen LogP contribution in [0, 0.1) is 0 Å². The molecule has 3 aromatic carbocycles. The van der Waals surface area contributed by atoms with Crippen LogP contribution in [0.4, 0.5) is 0 Å². The van der Waals surface area contributed by atoms with Crippen molar-refractivity contribution < 1.29 is 17.9 Å². The average molecular weight is 395 g/mol. The first-order valence-electron chi connectivity index (χ1n) is 8.77. The third-order valence-electron chi connectivity index (χ3n) is 4.35. The zero-order valence-corrected chi connectivity index (χ0v) is 16.2. The molecule has 144 valence electrons. The molecule has 0 fully saturated rings. The monoisotopic (exact) mass is 395 g/mol. The third kappa shape index (κ3) is 4.85. The first-order chi connectivity index (χ1) is 13.5. The minimum absolute atomic E-state index is 0.169. The van der Waals surface area contributed by atoms with Crippen molar-refractivity contribution in [2.45, 2.75) is 17.4 Å². The van der Waals surface area contributed by atoms with Gasteiger partial charge in [0.05, 0.1) is 24.5 Å². The third-order valence-corrected chi connectivity index (χ3v) is 5.79. The second-order valence-electron chi connectivity index (χ2n) is 6.27. The molecule has 0 spiro atoms. The van der Waals surface area contributed by atoms with Gasteiger partial charge in [-0.15, -0.1) is 0 Å². The number of hydrogen-bond donors (Lipinski definition) is 1. The number of esters is 1. The smallest absolute Gasteiger partial charge is 0.309 e. The summed E-state index contributed by atoms with van der Waals surface area (Å²) in [7, 11) is -2.37. The van der Waals surface area contributed by atoms with E-state index in [-0.39, 0.29) is 17.3 Å². The molecule has 0 saturated carbocycles. The molecule has 6 heteroatoms. The summed E-state index contributed by atoms with van der Waals surface area (Å²) in [6.45, 7) is 0. The van der Waals surface area contributed by atoms with E-state index in [9.17, 15) is 13.2 Å². The van der Waals surface area contributed by atoms with Crippen LogP contribution in [0.5, 0.6) is 0 Å². The molecule has 0 amide bonds. The highest BCUT2D eigenvalue weighted by molar-refractivity contribution is 7.89. The maximum Gasteiger partial charge on any atom is 0.309 e. The first-order valence-corrected chi connectivity index (χ1v) is 10.3. The molecule has 0 aromatic heterocycles. The molecule has 1 atom stereocenters. The molecule has 0 aliphatic rings. The summed E-state index contributed by atoms with van der Waals surface area (Å²) in [4.78, 5) is 11.7. The van der Waals surface area contributed by atoms with Crippen molar-refractivity contribution in [3.8, 4) is 0 Å². The van der Waals surface area contributed by atoms with Crippen LogP contribution < -0.4 is 4.72 Å². The minimum atomic E-state index is -3.71. The Morgan fingerprint density at radius 1 is 0.857 bits per heavy atom. The van der Waals surface area contributed by atoms with Crippen molar-refractivity contribution in [2.24, 2.45) is 0 Å². The summed E-state index contributed by atoms with van der Waals surface area (Å²) < 4.78 is 33.2. The summed E-state index contributed by atoms with van der Waals surface area (Å²) in [6.07, 6.45) is 0.169. The molecule has 1 unspecified atom stereocenters. The molecule has 28 heavy (non-hydrogen) atoms. The molecule has 3 rings (SSSR count). The molecule has 0 radical (unpaired) electrons. The number of carbonyl (C=O) groups excluding carboxylic acids is 1. The second kappa shape index (κ2) is 8.82. The van der Waals surface area contributed by atoms with Gasteiger partial charge in [-0.05, 0) is 28.8 Å². The maximum absolute atomic E-state index is 12.9. The lowest BCUT2D eigenvalue weighted by Crippen LogP contribution is -2.29. The molecular weight excluding hydrogens is 374 g/mol. The number of ether oxygens (including phenoxy) is 1. The van der Waals surface area contributed by atoms with E-state index in [4.69, 9.17) is 0 Å². The Bertz CT molecular complexity index is 1020. The van der Waals surface area contributed by atoms with E-state index >= 15 is 0 Å². The number of rotatable bonds is 7. The van der Waals surface area contributed by atoms with Gasteiger partial charge in [0, 0.05) is 0 Å². The van der Waals surface area contributed by atoms with Crippen LogP contribution in [-0.4, -0.2) is 21.5 Å². The molecule has 1 N–H and O–H groups in total. The Morgan fingerprint density at radius 2 is 1.39 bits per heavy atom. The lowest BCUT2D eigenvalue weighted by molar-refractivity contribution is -0.139. The number of sulfonamides is 1. The molecule has 3 aromatic rings. The van der Waals surface area contributed by atoms with Gasteiger partial charge in [-0.3, -0.25) is 4.79 Å². The zero-order valence-electron chi connectivity index (χ0n) is 15.4. The van der Waals surface area contributed by atoms with Gasteiger partial charge in [0.2, 0.25) is 10.0 Å². The largest absolute Gasteiger partial charge is 0.469 e. The first kappa shape index (κ1) is 19.8. The van der Waals surface area contributed by atoms with Crippen LogP contribution in [0.3, 0.4) is 0 Å². The fourth-order valence-electron chi connectivity index (χ4n) is 2.86. The van der Waals surface area contributed by atoms with E-state index in [1.165, 1.54) is 7.11 Å². The molecular formula is C22H21NO4S. The molecule has 0 heterocycles. The second-order valence-corrected chi connectivity index (χ2v) is 7.99. The molecule has 0 bridgehead atoms. The zero-order chi connectivity index (χ0) is 20.0. The number of carbonyl (C=O) groups is 1. The van der Waals surface area contributed by atoms with Crippen LogP contribution in [0.2, 0.25) is 0 Å². The van der Waals surface area contributed by atoms with Crippen molar-refractivity contribution in [1.82, 2.24) is 4.72 Å². The van der Waals surface area contributed by atoms with Gasteiger partial charge in [0.1, 0.15) is 0 Å². The van der Waals surface area contributed by atoms with Crippen molar-refractivity contribution in [2.75, 3.05) is 7.11 Å². The van der Waals surface area contributed by atoms with E-state index in [0.29, 0.717) is 0 Å². The SMILES string of the molecule is COC(=O)Cc1ccc(C(NS(=O)(=O)c2ccccc2)c2ccccc2)cc1. The van der Waals surface area contributed by atoms with Gasteiger partial charge < -0.3 is 4.74 Å². The van der Waals surface area contributed by atoms with Crippen molar-refractivity contribution >= 4 is 16.0 Å². The van der Waals surface area contributed by atoms with Crippen LogP contribution in [0.1, 0.15) is 22.7 Å². The Labute approximate surface area is 165 Å². The molecule has 0 aliphatic heterocycles. The van der Waals surface area contributed by atoms with Crippen LogP contribution in [-0.2, 0) is 26.0 Å². The summed E-state index contributed by atoms with van der Waals surface area (Å²) >= 11 is 0. The van der Waals surface area contributed by atoms with E-state index in [0.717, 1.165) is 16.7 Å². The predicted octanol–water partition coefficient (Wildman–Crippen LogP) is 3.47. The molecule has 5 nitrogen and oxygen atoms in total. The highest BCUT2D eigenvalue weighted by atomic mass is 32.2. The molecule has 0 saturated heterocycles. The van der Waals surface area contributed by atoms with E-state index < -0.39 is 16.1 Å². The Kier molecular flexibility index (Phi) is 6.23. The van der Waals surface area contributed by atoms with E-state index in [2.05, 4.69) is 9.46 Å². The summed E-state index contributed by atoms with van der Waals surface area (Å²) in [5, 5.41) is 0. The number of hydrogen-bond acceptors (Lipinski definition) is 4. The van der Waals surface area contributed by atoms with Crippen LogP contribution in [0.25, 0.3) is 0 Å². The number of nitrogens with one attached hydrogen (secondary N) is 1. The van der Waals surface area contributed by atoms with E-state index in [1.54, 1.807) is 42.5 Å². The normalized spacial score (nSPS) is 12.3. The Morgan fingerprint density at radius 3 is 1.96 bits per heavy atom.